The second kappa shape index (κ2) is 9.36. The van der Waals surface area contributed by atoms with Gasteiger partial charge in [-0.05, 0) is 59.9 Å². The summed E-state index contributed by atoms with van der Waals surface area (Å²) < 4.78 is 4.28. The first kappa shape index (κ1) is 22.7. The number of fused-ring (bicyclic) bond motifs is 2. The summed E-state index contributed by atoms with van der Waals surface area (Å²) in [5, 5.41) is 9.49. The lowest BCUT2D eigenvalue weighted by Crippen LogP contribution is -2.05. The lowest BCUT2D eigenvalue weighted by Gasteiger charge is -2.11. The Balaban J connectivity index is 1.41. The number of hydrogen-bond acceptors (Lipinski definition) is 4. The Morgan fingerprint density at radius 1 is 0.946 bits per heavy atom. The highest BCUT2D eigenvalue weighted by Crippen LogP contribution is 2.30. The molecule has 0 aliphatic carbocycles. The maximum atomic E-state index is 9.49. The Bertz CT molecular complexity index is 1750. The minimum atomic E-state index is 0.686. The minimum Gasteiger partial charge on any atom is -0.323 e. The summed E-state index contributed by atoms with van der Waals surface area (Å²) in [6.45, 7) is 5.03. The second-order valence-electron chi connectivity index (χ2n) is 9.33. The van der Waals surface area contributed by atoms with Gasteiger partial charge in [-0.2, -0.15) is 5.26 Å². The van der Waals surface area contributed by atoms with Crippen molar-refractivity contribution < 1.29 is 0 Å². The van der Waals surface area contributed by atoms with E-state index in [1.54, 1.807) is 6.20 Å². The number of imidazole rings is 2. The first-order valence-corrected chi connectivity index (χ1v) is 12.5. The molecular weight excluding hydrogens is 456 g/mol. The molecule has 0 fully saturated rings. The predicted molar refractivity (Wildman–Crippen MR) is 146 cm³/mol. The van der Waals surface area contributed by atoms with Gasteiger partial charge in [-0.15, -0.1) is 0 Å². The van der Waals surface area contributed by atoms with Gasteiger partial charge in [0.2, 0.25) is 5.78 Å². The van der Waals surface area contributed by atoms with Gasteiger partial charge >= 0.3 is 0 Å². The highest BCUT2D eigenvalue weighted by Gasteiger charge is 2.16. The van der Waals surface area contributed by atoms with Gasteiger partial charge in [-0.1, -0.05) is 49.4 Å². The van der Waals surface area contributed by atoms with Crippen molar-refractivity contribution in [3.63, 3.8) is 0 Å². The summed E-state index contributed by atoms with van der Waals surface area (Å²) in [6.07, 6.45) is 7.68. The number of hydrogen-bond donors (Lipinski definition) is 0. The molecule has 0 spiro atoms. The molecule has 0 aliphatic rings. The summed E-state index contributed by atoms with van der Waals surface area (Å²) in [6, 6.07) is 24.8. The number of nitrogens with zero attached hydrogens (tertiary/aromatic N) is 6. The molecule has 3 aromatic carbocycles. The molecule has 6 rings (SSSR count). The van der Waals surface area contributed by atoms with Gasteiger partial charge < -0.3 is 4.57 Å². The Labute approximate surface area is 215 Å². The maximum Gasteiger partial charge on any atom is 0.234 e. The van der Waals surface area contributed by atoms with E-state index in [4.69, 9.17) is 9.97 Å². The smallest absolute Gasteiger partial charge is 0.234 e. The molecule has 0 N–H and O–H groups in total. The zero-order valence-corrected chi connectivity index (χ0v) is 20.9. The highest BCUT2D eigenvalue weighted by atomic mass is 15.1. The van der Waals surface area contributed by atoms with Crippen LogP contribution < -0.4 is 0 Å². The van der Waals surface area contributed by atoms with Crippen molar-refractivity contribution in [1.82, 2.24) is 23.9 Å². The molecule has 180 valence electrons. The Morgan fingerprint density at radius 3 is 2.57 bits per heavy atom. The van der Waals surface area contributed by atoms with Gasteiger partial charge in [-0.25, -0.2) is 15.0 Å². The standard InChI is InChI=1S/C31H26N6/c1-3-7-29-35-30-21(2)16-25(27-20-36-15-6-14-33-31(36)34-27)17-28(30)37(29)19-22-10-12-23(13-11-22)26-9-5-4-8-24(26)18-32/h4-6,8-17,20H,3,7,19H2,1-2H3. The molecular formula is C31H26N6. The Hall–Kier alpha value is -4.76. The normalized spacial score (nSPS) is 11.3. The lowest BCUT2D eigenvalue weighted by molar-refractivity contribution is 0.722. The third-order valence-corrected chi connectivity index (χ3v) is 6.78. The molecule has 0 atom stereocenters. The van der Waals surface area contributed by atoms with Crippen LogP contribution in [0.1, 0.15) is 35.9 Å². The van der Waals surface area contributed by atoms with Crippen LogP contribution in [0.4, 0.5) is 0 Å². The van der Waals surface area contributed by atoms with Crippen LogP contribution in [0, 0.1) is 18.3 Å². The predicted octanol–water partition coefficient (Wildman–Crippen LogP) is 6.59. The number of benzene rings is 3. The van der Waals surface area contributed by atoms with Crippen molar-refractivity contribution in [2.24, 2.45) is 0 Å². The molecule has 6 nitrogen and oxygen atoms in total. The van der Waals surface area contributed by atoms with Crippen molar-refractivity contribution >= 4 is 16.8 Å². The summed E-state index contributed by atoms with van der Waals surface area (Å²) in [7, 11) is 0. The zero-order valence-electron chi connectivity index (χ0n) is 20.9. The van der Waals surface area contributed by atoms with Crippen molar-refractivity contribution in [1.29, 1.82) is 5.26 Å². The Kier molecular flexibility index (Phi) is 5.74. The van der Waals surface area contributed by atoms with Gasteiger partial charge in [0.05, 0.1) is 28.4 Å². The molecule has 0 amide bonds. The fraction of sp³-hybridized carbons (Fsp3) is 0.161. The third kappa shape index (κ3) is 4.15. The zero-order chi connectivity index (χ0) is 25.4. The van der Waals surface area contributed by atoms with E-state index in [-0.39, 0.29) is 0 Å². The largest absolute Gasteiger partial charge is 0.323 e. The molecule has 0 unspecified atom stereocenters. The van der Waals surface area contributed by atoms with Gasteiger partial charge in [0.25, 0.3) is 0 Å². The van der Waals surface area contributed by atoms with Crippen LogP contribution in [-0.4, -0.2) is 23.9 Å². The average Bonchev–Trinajstić information content (AvgIpc) is 3.51. The van der Waals surface area contributed by atoms with Crippen LogP contribution in [-0.2, 0) is 13.0 Å². The van der Waals surface area contributed by atoms with E-state index in [0.29, 0.717) is 11.3 Å². The van der Waals surface area contributed by atoms with Crippen LogP contribution in [0.25, 0.3) is 39.2 Å². The van der Waals surface area contributed by atoms with E-state index in [2.05, 4.69) is 65.9 Å². The van der Waals surface area contributed by atoms with Crippen molar-refractivity contribution in [3.8, 4) is 28.5 Å². The van der Waals surface area contributed by atoms with Gasteiger partial charge in [0.15, 0.2) is 0 Å². The Morgan fingerprint density at radius 2 is 1.78 bits per heavy atom. The number of nitriles is 1. The number of rotatable bonds is 6. The van der Waals surface area contributed by atoms with Crippen LogP contribution in [0.3, 0.4) is 0 Å². The molecule has 0 saturated carbocycles. The molecule has 37 heavy (non-hydrogen) atoms. The maximum absolute atomic E-state index is 9.49. The molecule has 6 aromatic rings. The average molecular weight is 483 g/mol. The van der Waals surface area contributed by atoms with Crippen molar-refractivity contribution in [2.75, 3.05) is 0 Å². The molecule has 3 aromatic heterocycles. The van der Waals surface area contributed by atoms with Crippen molar-refractivity contribution in [2.45, 2.75) is 33.2 Å². The first-order chi connectivity index (χ1) is 18.1. The number of aryl methyl sites for hydroxylation is 2. The van der Waals surface area contributed by atoms with Gasteiger partial charge in [0, 0.05) is 37.1 Å². The fourth-order valence-corrected chi connectivity index (χ4v) is 4.95. The SMILES string of the molecule is CCCc1nc2c(C)cc(-c3cn4cccnc4n3)cc2n1Cc1ccc(-c2ccccc2C#N)cc1. The molecule has 0 bridgehead atoms. The molecule has 6 heteroatoms. The molecule has 0 saturated heterocycles. The third-order valence-electron chi connectivity index (χ3n) is 6.78. The summed E-state index contributed by atoms with van der Waals surface area (Å²) in [4.78, 5) is 14.2. The van der Waals surface area contributed by atoms with Crippen LogP contribution in [0.5, 0.6) is 0 Å². The van der Waals surface area contributed by atoms with E-state index >= 15 is 0 Å². The minimum absolute atomic E-state index is 0.686. The van der Waals surface area contributed by atoms with E-state index in [1.807, 2.05) is 47.1 Å². The van der Waals surface area contributed by atoms with Crippen LogP contribution in [0.15, 0.2) is 85.3 Å². The lowest BCUT2D eigenvalue weighted by atomic mass is 9.99. The van der Waals surface area contributed by atoms with E-state index in [1.165, 1.54) is 5.56 Å². The molecule has 3 heterocycles. The topological polar surface area (TPSA) is 71.8 Å². The van der Waals surface area contributed by atoms with E-state index < -0.39 is 0 Å². The monoisotopic (exact) mass is 482 g/mol. The van der Waals surface area contributed by atoms with E-state index in [9.17, 15) is 5.26 Å². The molecule has 0 aliphatic heterocycles. The highest BCUT2D eigenvalue weighted by molar-refractivity contribution is 5.85. The molecule has 0 radical (unpaired) electrons. The van der Waals surface area contributed by atoms with Gasteiger partial charge in [-0.3, -0.25) is 4.40 Å². The summed E-state index contributed by atoms with van der Waals surface area (Å²) in [5.41, 5.74) is 9.12. The van der Waals surface area contributed by atoms with E-state index in [0.717, 1.165) is 64.2 Å². The second-order valence-corrected chi connectivity index (χ2v) is 9.33. The van der Waals surface area contributed by atoms with Gasteiger partial charge in [0.1, 0.15) is 5.82 Å². The fourth-order valence-electron chi connectivity index (χ4n) is 4.95. The van der Waals surface area contributed by atoms with Crippen molar-refractivity contribution in [3.05, 3.63) is 108 Å². The summed E-state index contributed by atoms with van der Waals surface area (Å²) >= 11 is 0. The summed E-state index contributed by atoms with van der Waals surface area (Å²) in [5.74, 6) is 1.78. The van der Waals surface area contributed by atoms with Crippen LogP contribution in [0.2, 0.25) is 0 Å². The quantitative estimate of drug-likeness (QED) is 0.268. The van der Waals surface area contributed by atoms with Crippen LogP contribution >= 0.6 is 0 Å². The number of aromatic nitrogens is 5. The first-order valence-electron chi connectivity index (χ1n) is 12.5.